The molecule has 0 unspecified atom stereocenters. The number of halogens is 4. The predicted octanol–water partition coefficient (Wildman–Crippen LogP) is 5.11. The molecule has 0 atom stereocenters. The topological polar surface area (TPSA) is 64.3 Å². The third kappa shape index (κ3) is 4.73. The van der Waals surface area contributed by atoms with Gasteiger partial charge < -0.3 is 10.1 Å². The molecule has 2 aromatic heterocycles. The maximum Gasteiger partial charge on any atom is 0.573 e. The molecule has 31 heavy (non-hydrogen) atoms. The largest absolute Gasteiger partial charge is 0.573 e. The lowest BCUT2D eigenvalue weighted by Gasteiger charge is -2.13. The van der Waals surface area contributed by atoms with E-state index in [1.165, 1.54) is 40.9 Å². The first-order valence-electron chi connectivity index (χ1n) is 9.28. The van der Waals surface area contributed by atoms with Gasteiger partial charge in [-0.3, -0.25) is 0 Å². The summed E-state index contributed by atoms with van der Waals surface area (Å²) in [7, 11) is 0. The Morgan fingerprint density at radius 2 is 1.77 bits per heavy atom. The van der Waals surface area contributed by atoms with Crippen LogP contribution in [0.1, 0.15) is 22.6 Å². The first-order valence-corrected chi connectivity index (χ1v) is 9.28. The smallest absolute Gasteiger partial charge is 0.406 e. The minimum Gasteiger partial charge on any atom is -0.406 e. The van der Waals surface area contributed by atoms with Crippen LogP contribution in [0.15, 0.2) is 48.5 Å². The Bertz CT molecular complexity index is 1240. The molecular formula is C21H17F4N5O. The first kappa shape index (κ1) is 20.6. The van der Waals surface area contributed by atoms with Crippen LogP contribution in [-0.2, 0) is 6.42 Å². The molecule has 0 amide bonds. The van der Waals surface area contributed by atoms with E-state index in [2.05, 4.69) is 25.1 Å². The molecule has 0 aliphatic heterocycles. The van der Waals surface area contributed by atoms with Crippen molar-refractivity contribution in [1.82, 2.24) is 19.6 Å². The average molecular weight is 431 g/mol. The van der Waals surface area contributed by atoms with Crippen molar-refractivity contribution >= 4 is 17.3 Å². The maximum absolute atomic E-state index is 13.5. The van der Waals surface area contributed by atoms with Gasteiger partial charge in [0.05, 0.1) is 0 Å². The van der Waals surface area contributed by atoms with Crippen molar-refractivity contribution in [2.45, 2.75) is 26.6 Å². The molecular weight excluding hydrogens is 414 g/mol. The van der Waals surface area contributed by atoms with Crippen molar-refractivity contribution in [1.29, 1.82) is 0 Å². The minimum atomic E-state index is -4.75. The summed E-state index contributed by atoms with van der Waals surface area (Å²) < 4.78 is 56.0. The number of hydrogen-bond acceptors (Lipinski definition) is 5. The molecule has 0 saturated carbocycles. The Morgan fingerprint density at radius 1 is 1.03 bits per heavy atom. The second-order valence-electron chi connectivity index (χ2n) is 6.91. The van der Waals surface area contributed by atoms with E-state index >= 15 is 0 Å². The summed E-state index contributed by atoms with van der Waals surface area (Å²) in [5, 5.41) is 7.64. The van der Waals surface area contributed by atoms with Gasteiger partial charge in [-0.25, -0.2) is 9.37 Å². The summed E-state index contributed by atoms with van der Waals surface area (Å²) in [5.74, 6) is 0.731. The zero-order valence-electron chi connectivity index (χ0n) is 16.5. The quantitative estimate of drug-likeness (QED) is 0.445. The SMILES string of the molecule is Cc1nc2nc(Cc3cccc(F)c3)nn2c(Nc2ccc(OC(F)(F)F)cc2)c1C. The Hall–Kier alpha value is -3.69. The second-order valence-corrected chi connectivity index (χ2v) is 6.91. The molecule has 2 heterocycles. The summed E-state index contributed by atoms with van der Waals surface area (Å²) in [6.07, 6.45) is -4.43. The van der Waals surface area contributed by atoms with E-state index in [9.17, 15) is 17.6 Å². The normalized spacial score (nSPS) is 11.7. The second kappa shape index (κ2) is 7.86. The predicted molar refractivity (Wildman–Crippen MR) is 106 cm³/mol. The van der Waals surface area contributed by atoms with Crippen molar-refractivity contribution in [2.24, 2.45) is 0 Å². The molecule has 10 heteroatoms. The van der Waals surface area contributed by atoms with E-state index in [1.54, 1.807) is 12.1 Å². The Morgan fingerprint density at radius 3 is 2.45 bits per heavy atom. The van der Waals surface area contributed by atoms with Gasteiger partial charge in [-0.1, -0.05) is 12.1 Å². The molecule has 0 aliphatic rings. The van der Waals surface area contributed by atoms with E-state index in [1.807, 2.05) is 13.8 Å². The number of ether oxygens (including phenoxy) is 1. The lowest BCUT2D eigenvalue weighted by atomic mass is 10.1. The van der Waals surface area contributed by atoms with Crippen LogP contribution in [-0.4, -0.2) is 25.9 Å². The summed E-state index contributed by atoms with van der Waals surface area (Å²) in [6.45, 7) is 3.67. The van der Waals surface area contributed by atoms with Crippen molar-refractivity contribution in [3.05, 3.63) is 77.0 Å². The van der Waals surface area contributed by atoms with Crippen molar-refractivity contribution in [3.63, 3.8) is 0 Å². The van der Waals surface area contributed by atoms with Gasteiger partial charge in [0.1, 0.15) is 17.4 Å². The molecule has 0 radical (unpaired) electrons. The molecule has 0 saturated heterocycles. The average Bonchev–Trinajstić information content (AvgIpc) is 3.07. The zero-order chi connectivity index (χ0) is 22.2. The van der Waals surface area contributed by atoms with Gasteiger partial charge in [-0.15, -0.1) is 18.3 Å². The van der Waals surface area contributed by atoms with Crippen LogP contribution in [0.4, 0.5) is 29.1 Å². The molecule has 2 aromatic carbocycles. The van der Waals surface area contributed by atoms with Crippen LogP contribution in [0.25, 0.3) is 5.78 Å². The monoisotopic (exact) mass is 431 g/mol. The number of hydrogen-bond donors (Lipinski definition) is 1. The molecule has 0 aliphatic carbocycles. The highest BCUT2D eigenvalue weighted by Gasteiger charge is 2.31. The molecule has 4 aromatic rings. The van der Waals surface area contributed by atoms with Crippen LogP contribution in [0.2, 0.25) is 0 Å². The van der Waals surface area contributed by atoms with Crippen molar-refractivity contribution in [3.8, 4) is 5.75 Å². The molecule has 0 fully saturated rings. The molecule has 0 spiro atoms. The van der Waals surface area contributed by atoms with E-state index in [0.717, 1.165) is 16.8 Å². The molecule has 160 valence electrons. The Kier molecular flexibility index (Phi) is 5.22. The molecule has 1 N–H and O–H groups in total. The highest BCUT2D eigenvalue weighted by atomic mass is 19.4. The van der Waals surface area contributed by atoms with Gasteiger partial charge in [0.25, 0.3) is 5.78 Å². The van der Waals surface area contributed by atoms with E-state index in [0.29, 0.717) is 29.5 Å². The van der Waals surface area contributed by atoms with E-state index in [4.69, 9.17) is 0 Å². The third-order valence-electron chi connectivity index (χ3n) is 4.61. The van der Waals surface area contributed by atoms with Gasteiger partial charge in [-0.2, -0.15) is 9.50 Å². The molecule has 6 nitrogen and oxygen atoms in total. The van der Waals surface area contributed by atoms with Crippen LogP contribution < -0.4 is 10.1 Å². The van der Waals surface area contributed by atoms with Crippen LogP contribution in [0.3, 0.4) is 0 Å². The number of benzene rings is 2. The number of aromatic nitrogens is 4. The number of rotatable bonds is 5. The number of anilines is 2. The number of fused-ring (bicyclic) bond motifs is 1. The van der Waals surface area contributed by atoms with E-state index in [-0.39, 0.29) is 11.6 Å². The lowest BCUT2D eigenvalue weighted by Crippen LogP contribution is -2.17. The van der Waals surface area contributed by atoms with Gasteiger partial charge in [-0.05, 0) is 55.8 Å². The highest BCUT2D eigenvalue weighted by Crippen LogP contribution is 2.27. The fourth-order valence-corrected chi connectivity index (χ4v) is 3.06. The highest BCUT2D eigenvalue weighted by molar-refractivity contribution is 5.63. The molecule has 0 bridgehead atoms. The summed E-state index contributed by atoms with van der Waals surface area (Å²) in [6, 6.07) is 11.5. The van der Waals surface area contributed by atoms with Crippen molar-refractivity contribution in [2.75, 3.05) is 5.32 Å². The number of aryl methyl sites for hydroxylation is 1. The van der Waals surface area contributed by atoms with Gasteiger partial charge in [0, 0.05) is 23.4 Å². The third-order valence-corrected chi connectivity index (χ3v) is 4.61. The number of nitrogens with zero attached hydrogens (tertiary/aromatic N) is 4. The van der Waals surface area contributed by atoms with Crippen LogP contribution in [0, 0.1) is 19.7 Å². The zero-order valence-corrected chi connectivity index (χ0v) is 16.5. The standard InChI is InChI=1S/C21H17F4N5O/c1-12-13(2)26-20-28-18(11-14-4-3-5-15(22)10-14)29-30(20)19(12)27-16-6-8-17(9-7-16)31-21(23,24)25/h3-10,27H,11H2,1-2H3. The number of alkyl halides is 3. The summed E-state index contributed by atoms with van der Waals surface area (Å²) >= 11 is 0. The van der Waals surface area contributed by atoms with E-state index < -0.39 is 6.36 Å². The fraction of sp³-hybridized carbons (Fsp3) is 0.190. The number of nitrogens with one attached hydrogen (secondary N) is 1. The first-order chi connectivity index (χ1) is 14.7. The Balaban J connectivity index is 1.65. The minimum absolute atomic E-state index is 0.316. The summed E-state index contributed by atoms with van der Waals surface area (Å²) in [4.78, 5) is 8.87. The van der Waals surface area contributed by atoms with Gasteiger partial charge >= 0.3 is 6.36 Å². The van der Waals surface area contributed by atoms with Gasteiger partial charge in [0.15, 0.2) is 5.82 Å². The van der Waals surface area contributed by atoms with Crippen LogP contribution in [0.5, 0.6) is 5.75 Å². The summed E-state index contributed by atoms with van der Waals surface area (Å²) in [5.41, 5.74) is 2.77. The van der Waals surface area contributed by atoms with Crippen LogP contribution >= 0.6 is 0 Å². The lowest BCUT2D eigenvalue weighted by molar-refractivity contribution is -0.274. The van der Waals surface area contributed by atoms with Gasteiger partial charge in [0.2, 0.25) is 0 Å². The maximum atomic E-state index is 13.5. The molecule has 4 rings (SSSR count). The van der Waals surface area contributed by atoms with Crippen molar-refractivity contribution < 1.29 is 22.3 Å². The Labute approximate surface area is 174 Å². The fourth-order valence-electron chi connectivity index (χ4n) is 3.06.